The highest BCUT2D eigenvalue weighted by Gasteiger charge is 2.38. The number of nitrogens with one attached hydrogen (secondary N) is 1. The molecule has 23 heavy (non-hydrogen) atoms. The molecular formula is C18H31NO4. The van der Waals surface area contributed by atoms with Crippen LogP contribution < -0.4 is 5.32 Å². The Hall–Kier alpha value is -1.52. The Labute approximate surface area is 139 Å². The molecule has 1 aliphatic rings. The maximum Gasteiger partial charge on any atom is 0.408 e. The summed E-state index contributed by atoms with van der Waals surface area (Å²) >= 11 is 0. The molecule has 5 nitrogen and oxygen atoms in total. The Bertz CT molecular complexity index is 442. The molecule has 132 valence electrons. The van der Waals surface area contributed by atoms with Crippen molar-refractivity contribution in [3.63, 3.8) is 0 Å². The van der Waals surface area contributed by atoms with Gasteiger partial charge in [-0.15, -0.1) is 0 Å². The number of carboxylic acid groups (broad SMARTS) is 1. The van der Waals surface area contributed by atoms with E-state index in [4.69, 9.17) is 4.74 Å². The molecule has 1 fully saturated rings. The van der Waals surface area contributed by atoms with Gasteiger partial charge in [-0.05, 0) is 46.0 Å². The van der Waals surface area contributed by atoms with Crippen molar-refractivity contribution in [3.8, 4) is 0 Å². The van der Waals surface area contributed by atoms with Crippen LogP contribution in [-0.4, -0.2) is 28.8 Å². The van der Waals surface area contributed by atoms with Crippen molar-refractivity contribution in [3.05, 3.63) is 12.2 Å². The average Bonchev–Trinajstić information content (AvgIpc) is 2.82. The van der Waals surface area contributed by atoms with Crippen molar-refractivity contribution < 1.29 is 19.4 Å². The molecule has 1 atom stereocenters. The Balaban J connectivity index is 2.79. The predicted molar refractivity (Wildman–Crippen MR) is 90.3 cm³/mol. The zero-order chi connectivity index (χ0) is 17.7. The SMILES string of the molecule is CC(C)C[C@@H](/C=C/C1(C(=O)O)CCCC1)NC(=O)OC(C)(C)C. The first-order valence-corrected chi connectivity index (χ1v) is 8.46. The zero-order valence-electron chi connectivity index (χ0n) is 15.0. The third-order valence-electron chi connectivity index (χ3n) is 4.00. The van der Waals surface area contributed by atoms with Crippen LogP contribution in [0.15, 0.2) is 12.2 Å². The van der Waals surface area contributed by atoms with Gasteiger partial charge in [-0.2, -0.15) is 0 Å². The lowest BCUT2D eigenvalue weighted by atomic mass is 9.85. The lowest BCUT2D eigenvalue weighted by Crippen LogP contribution is -2.39. The van der Waals surface area contributed by atoms with Gasteiger partial charge in [0.1, 0.15) is 5.60 Å². The molecule has 5 heteroatoms. The number of rotatable bonds is 6. The van der Waals surface area contributed by atoms with Crippen molar-refractivity contribution in [2.24, 2.45) is 11.3 Å². The molecule has 2 N–H and O–H groups in total. The van der Waals surface area contributed by atoms with Crippen LogP contribution in [0.1, 0.15) is 66.7 Å². The third kappa shape index (κ3) is 6.63. The molecule has 0 saturated heterocycles. The fraction of sp³-hybridized carbons (Fsp3) is 0.778. The number of alkyl carbamates (subject to hydrolysis) is 1. The maximum atomic E-state index is 12.0. The van der Waals surface area contributed by atoms with Crippen LogP contribution >= 0.6 is 0 Å². The van der Waals surface area contributed by atoms with E-state index in [1.165, 1.54) is 0 Å². The number of hydrogen-bond donors (Lipinski definition) is 2. The number of aliphatic carboxylic acids is 1. The first-order valence-electron chi connectivity index (χ1n) is 8.46. The molecule has 0 radical (unpaired) electrons. The van der Waals surface area contributed by atoms with Crippen molar-refractivity contribution in [1.82, 2.24) is 5.32 Å². The molecule has 0 aromatic carbocycles. The van der Waals surface area contributed by atoms with Crippen LogP contribution in [0.4, 0.5) is 4.79 Å². The van der Waals surface area contributed by atoms with Crippen LogP contribution in [0.25, 0.3) is 0 Å². The van der Waals surface area contributed by atoms with E-state index < -0.39 is 23.1 Å². The van der Waals surface area contributed by atoms with Crippen LogP contribution in [0.5, 0.6) is 0 Å². The van der Waals surface area contributed by atoms with Gasteiger partial charge in [-0.1, -0.05) is 38.8 Å². The largest absolute Gasteiger partial charge is 0.481 e. The van der Waals surface area contributed by atoms with Gasteiger partial charge in [0.2, 0.25) is 0 Å². The minimum atomic E-state index is -0.773. The number of carbonyl (C=O) groups is 2. The molecule has 1 aliphatic carbocycles. The van der Waals surface area contributed by atoms with E-state index in [-0.39, 0.29) is 6.04 Å². The molecular weight excluding hydrogens is 294 g/mol. The van der Waals surface area contributed by atoms with Crippen molar-refractivity contribution >= 4 is 12.1 Å². The first kappa shape index (κ1) is 19.5. The second-order valence-electron chi connectivity index (χ2n) is 7.91. The highest BCUT2D eigenvalue weighted by Crippen LogP contribution is 2.39. The summed E-state index contributed by atoms with van der Waals surface area (Å²) in [5.41, 5.74) is -1.32. The number of amides is 1. The van der Waals surface area contributed by atoms with Crippen LogP contribution in [0, 0.1) is 11.3 Å². The van der Waals surface area contributed by atoms with E-state index in [1.54, 1.807) is 6.08 Å². The Kier molecular flexibility index (Phi) is 6.66. The van der Waals surface area contributed by atoms with E-state index in [1.807, 2.05) is 26.8 Å². The van der Waals surface area contributed by atoms with E-state index in [2.05, 4.69) is 19.2 Å². The summed E-state index contributed by atoms with van der Waals surface area (Å²) in [6.07, 6.45) is 7.10. The summed E-state index contributed by atoms with van der Waals surface area (Å²) in [6, 6.07) is -0.221. The summed E-state index contributed by atoms with van der Waals surface area (Å²) in [5.74, 6) is -0.393. The minimum absolute atomic E-state index is 0.221. The third-order valence-corrected chi connectivity index (χ3v) is 4.00. The minimum Gasteiger partial charge on any atom is -0.481 e. The molecule has 0 heterocycles. The summed E-state index contributed by atoms with van der Waals surface area (Å²) < 4.78 is 5.29. The van der Waals surface area contributed by atoms with Gasteiger partial charge in [0.25, 0.3) is 0 Å². The number of carboxylic acids is 1. The Morgan fingerprint density at radius 1 is 1.26 bits per heavy atom. The van der Waals surface area contributed by atoms with E-state index in [0.717, 1.165) is 19.3 Å². The standard InChI is InChI=1S/C18H31NO4/c1-13(2)12-14(19-16(22)23-17(3,4)5)8-11-18(15(20)21)9-6-7-10-18/h8,11,13-14H,6-7,9-10,12H2,1-5H3,(H,19,22)(H,20,21)/b11-8+/t14-/m1/s1. The lowest BCUT2D eigenvalue weighted by Gasteiger charge is -2.24. The smallest absolute Gasteiger partial charge is 0.408 e. The van der Waals surface area contributed by atoms with Crippen LogP contribution in [0.3, 0.4) is 0 Å². The van der Waals surface area contributed by atoms with Crippen LogP contribution in [0.2, 0.25) is 0 Å². The normalized spacial score (nSPS) is 19.0. The summed E-state index contributed by atoms with van der Waals surface area (Å²) in [6.45, 7) is 9.59. The highest BCUT2D eigenvalue weighted by atomic mass is 16.6. The second kappa shape index (κ2) is 7.84. The molecule has 1 rings (SSSR count). The first-order chi connectivity index (χ1) is 10.5. The fourth-order valence-corrected chi connectivity index (χ4v) is 2.91. The number of ether oxygens (including phenoxy) is 1. The lowest BCUT2D eigenvalue weighted by molar-refractivity contribution is -0.145. The van der Waals surface area contributed by atoms with Crippen molar-refractivity contribution in [1.29, 1.82) is 0 Å². The van der Waals surface area contributed by atoms with Gasteiger partial charge in [0, 0.05) is 0 Å². The monoisotopic (exact) mass is 325 g/mol. The topological polar surface area (TPSA) is 75.6 Å². The maximum absolute atomic E-state index is 12.0. The van der Waals surface area contributed by atoms with Crippen molar-refractivity contribution in [2.75, 3.05) is 0 Å². The number of hydrogen-bond acceptors (Lipinski definition) is 3. The van der Waals surface area contributed by atoms with Gasteiger partial charge in [-0.3, -0.25) is 4.79 Å². The Morgan fingerprint density at radius 3 is 2.26 bits per heavy atom. The van der Waals surface area contributed by atoms with Gasteiger partial charge in [0.15, 0.2) is 0 Å². The second-order valence-corrected chi connectivity index (χ2v) is 7.91. The number of carbonyl (C=O) groups excluding carboxylic acids is 1. The van der Waals surface area contributed by atoms with Crippen molar-refractivity contribution in [2.45, 2.75) is 78.4 Å². The molecule has 0 aliphatic heterocycles. The van der Waals surface area contributed by atoms with E-state index in [0.29, 0.717) is 18.8 Å². The molecule has 0 bridgehead atoms. The predicted octanol–water partition coefficient (Wildman–Crippen LogP) is 4.13. The molecule has 0 aromatic rings. The summed E-state index contributed by atoms with van der Waals surface area (Å²) in [4.78, 5) is 23.6. The van der Waals surface area contributed by atoms with Gasteiger partial charge in [0.05, 0.1) is 11.5 Å². The fourth-order valence-electron chi connectivity index (χ4n) is 2.91. The van der Waals surface area contributed by atoms with Gasteiger partial charge in [-0.25, -0.2) is 4.79 Å². The van der Waals surface area contributed by atoms with E-state index >= 15 is 0 Å². The molecule has 0 unspecified atom stereocenters. The molecule has 1 saturated carbocycles. The van der Waals surface area contributed by atoms with E-state index in [9.17, 15) is 14.7 Å². The highest BCUT2D eigenvalue weighted by molar-refractivity contribution is 5.77. The molecule has 0 spiro atoms. The average molecular weight is 325 g/mol. The molecule has 1 amide bonds. The zero-order valence-corrected chi connectivity index (χ0v) is 15.0. The van der Waals surface area contributed by atoms with Gasteiger partial charge >= 0.3 is 12.1 Å². The Morgan fingerprint density at radius 2 is 1.83 bits per heavy atom. The summed E-state index contributed by atoms with van der Waals surface area (Å²) in [7, 11) is 0. The molecule has 0 aromatic heterocycles. The summed E-state index contributed by atoms with van der Waals surface area (Å²) in [5, 5.41) is 12.4. The van der Waals surface area contributed by atoms with Gasteiger partial charge < -0.3 is 15.2 Å². The quantitative estimate of drug-likeness (QED) is 0.720. The van der Waals surface area contributed by atoms with Crippen LogP contribution in [-0.2, 0) is 9.53 Å².